The summed E-state index contributed by atoms with van der Waals surface area (Å²) in [6, 6.07) is 14.6. The maximum Gasteiger partial charge on any atom is 0.273 e. The molecule has 2 aromatic carbocycles. The van der Waals surface area contributed by atoms with Gasteiger partial charge < -0.3 is 10.1 Å². The highest BCUT2D eigenvalue weighted by Crippen LogP contribution is 2.29. The van der Waals surface area contributed by atoms with E-state index in [-0.39, 0.29) is 35.2 Å². The lowest BCUT2D eigenvalue weighted by Gasteiger charge is -2.13. The highest BCUT2D eigenvalue weighted by atomic mass is 32.2. The molecule has 0 aliphatic rings. The molecule has 34 heavy (non-hydrogen) atoms. The zero-order chi connectivity index (χ0) is 24.1. The van der Waals surface area contributed by atoms with E-state index in [1.54, 1.807) is 42.7 Å². The van der Waals surface area contributed by atoms with Gasteiger partial charge in [0.15, 0.2) is 5.16 Å². The fraction of sp³-hybridized carbons (Fsp3) is 0.130. The second kappa shape index (κ2) is 10.1. The Bertz CT molecular complexity index is 1420. The number of pyridine rings is 1. The molecule has 0 radical (unpaired) electrons. The zero-order valence-corrected chi connectivity index (χ0v) is 18.8. The Kier molecular flexibility index (Phi) is 6.83. The van der Waals surface area contributed by atoms with Crippen LogP contribution in [-0.4, -0.2) is 38.2 Å². The Morgan fingerprint density at radius 3 is 2.76 bits per heavy atom. The van der Waals surface area contributed by atoms with Crippen molar-refractivity contribution in [1.82, 2.24) is 14.5 Å². The number of amides is 1. The van der Waals surface area contributed by atoms with Gasteiger partial charge >= 0.3 is 0 Å². The van der Waals surface area contributed by atoms with Crippen LogP contribution in [0.3, 0.4) is 0 Å². The van der Waals surface area contributed by atoms with Gasteiger partial charge in [0.2, 0.25) is 5.91 Å². The summed E-state index contributed by atoms with van der Waals surface area (Å²) in [6.07, 6.45) is 3.32. The topological polar surface area (TPSA) is 129 Å². The van der Waals surface area contributed by atoms with Gasteiger partial charge in [0, 0.05) is 18.5 Å². The third kappa shape index (κ3) is 5.04. The van der Waals surface area contributed by atoms with Crippen molar-refractivity contribution in [2.75, 3.05) is 18.2 Å². The predicted octanol–water partition coefficient (Wildman–Crippen LogP) is 3.49. The first kappa shape index (κ1) is 22.9. The van der Waals surface area contributed by atoms with E-state index in [1.165, 1.54) is 29.9 Å². The fourth-order valence-electron chi connectivity index (χ4n) is 3.28. The number of benzene rings is 2. The number of nitro benzene ring substituents is 1. The number of carbonyl (C=O) groups excluding carboxylic acids is 1. The molecule has 0 atom stereocenters. The van der Waals surface area contributed by atoms with E-state index in [0.717, 1.165) is 17.3 Å². The smallest absolute Gasteiger partial charge is 0.273 e. The van der Waals surface area contributed by atoms with Crippen LogP contribution >= 0.6 is 11.8 Å². The number of aromatic nitrogens is 3. The average molecular weight is 478 g/mol. The number of carbonyl (C=O) groups is 1. The van der Waals surface area contributed by atoms with Crippen LogP contribution in [0.2, 0.25) is 0 Å². The van der Waals surface area contributed by atoms with E-state index in [4.69, 9.17) is 4.74 Å². The van der Waals surface area contributed by atoms with E-state index in [1.807, 2.05) is 6.07 Å². The number of nitro groups is 1. The number of methoxy groups -OCH3 is 1. The number of fused-ring (bicyclic) bond motifs is 1. The summed E-state index contributed by atoms with van der Waals surface area (Å²) in [5, 5.41) is 14.5. The molecule has 0 bridgehead atoms. The summed E-state index contributed by atoms with van der Waals surface area (Å²) < 4.78 is 6.68. The first-order valence-electron chi connectivity index (χ1n) is 10.1. The molecule has 0 unspecified atom stereocenters. The number of nitrogens with one attached hydrogen (secondary N) is 1. The van der Waals surface area contributed by atoms with E-state index in [0.29, 0.717) is 21.7 Å². The molecule has 4 aromatic rings. The van der Waals surface area contributed by atoms with Crippen LogP contribution in [0.5, 0.6) is 5.75 Å². The molecule has 0 aliphatic heterocycles. The number of hydrogen-bond acceptors (Lipinski definition) is 8. The molecule has 4 rings (SSSR count). The Morgan fingerprint density at radius 2 is 2.03 bits per heavy atom. The van der Waals surface area contributed by atoms with Crippen molar-refractivity contribution in [1.29, 1.82) is 0 Å². The standard InChI is InChI=1S/C23H19N5O5S/c1-33-20-11-16(28(31)32)8-9-19(20)25-21(29)14-34-23-26-18-7-3-2-6-17(18)22(30)27(23)13-15-5-4-10-24-12-15/h2-12H,13-14H2,1H3,(H,25,29). The van der Waals surface area contributed by atoms with Crippen LogP contribution in [0.1, 0.15) is 5.56 Å². The SMILES string of the molecule is COc1cc([N+](=O)[O-])ccc1NC(=O)CSc1nc2ccccc2c(=O)n1Cc1cccnc1. The number of hydrogen-bond donors (Lipinski definition) is 1. The van der Waals surface area contributed by atoms with Crippen LogP contribution in [0.25, 0.3) is 10.9 Å². The van der Waals surface area contributed by atoms with Gasteiger partial charge in [-0.05, 0) is 29.8 Å². The zero-order valence-electron chi connectivity index (χ0n) is 18.0. The van der Waals surface area contributed by atoms with Crippen LogP contribution in [-0.2, 0) is 11.3 Å². The average Bonchev–Trinajstić information content (AvgIpc) is 2.85. The minimum atomic E-state index is -0.545. The first-order valence-corrected chi connectivity index (χ1v) is 11.1. The summed E-state index contributed by atoms with van der Waals surface area (Å²) >= 11 is 1.11. The van der Waals surface area contributed by atoms with Crippen LogP contribution < -0.4 is 15.6 Å². The molecule has 0 saturated heterocycles. The summed E-state index contributed by atoms with van der Waals surface area (Å²) in [5.74, 6) is -0.254. The normalized spacial score (nSPS) is 10.7. The molecular weight excluding hydrogens is 458 g/mol. The van der Waals surface area contributed by atoms with Crippen LogP contribution in [0.15, 0.2) is 76.9 Å². The number of rotatable bonds is 8. The molecule has 10 nitrogen and oxygen atoms in total. The molecule has 0 spiro atoms. The lowest BCUT2D eigenvalue weighted by atomic mass is 10.2. The van der Waals surface area contributed by atoms with Crippen molar-refractivity contribution >= 4 is 39.9 Å². The largest absolute Gasteiger partial charge is 0.494 e. The van der Waals surface area contributed by atoms with Gasteiger partial charge in [-0.25, -0.2) is 4.98 Å². The van der Waals surface area contributed by atoms with Gasteiger partial charge in [-0.1, -0.05) is 30.0 Å². The Labute approximate surface area is 197 Å². The number of anilines is 1. The van der Waals surface area contributed by atoms with Gasteiger partial charge in [0.1, 0.15) is 5.75 Å². The van der Waals surface area contributed by atoms with Gasteiger partial charge in [-0.15, -0.1) is 0 Å². The lowest BCUT2D eigenvalue weighted by molar-refractivity contribution is -0.384. The number of thioether (sulfide) groups is 1. The summed E-state index contributed by atoms with van der Waals surface area (Å²) in [7, 11) is 1.36. The number of non-ortho nitro benzene ring substituents is 1. The third-order valence-corrected chi connectivity index (χ3v) is 5.87. The monoisotopic (exact) mass is 477 g/mol. The lowest BCUT2D eigenvalue weighted by Crippen LogP contribution is -2.25. The Balaban J connectivity index is 1.58. The van der Waals surface area contributed by atoms with E-state index in [2.05, 4.69) is 15.3 Å². The fourth-order valence-corrected chi connectivity index (χ4v) is 4.08. The quantitative estimate of drug-likeness (QED) is 0.177. The first-order chi connectivity index (χ1) is 16.5. The van der Waals surface area contributed by atoms with Gasteiger partial charge in [-0.3, -0.25) is 29.3 Å². The van der Waals surface area contributed by atoms with Crippen molar-refractivity contribution in [3.63, 3.8) is 0 Å². The highest BCUT2D eigenvalue weighted by Gasteiger charge is 2.16. The molecule has 0 saturated carbocycles. The number of para-hydroxylation sites is 1. The molecule has 1 N–H and O–H groups in total. The van der Waals surface area contributed by atoms with Crippen molar-refractivity contribution < 1.29 is 14.5 Å². The van der Waals surface area contributed by atoms with Crippen molar-refractivity contribution in [3.05, 3.63) is 93.0 Å². The maximum atomic E-state index is 13.2. The Hall–Kier alpha value is -4.25. The molecular formula is C23H19N5O5S. The van der Waals surface area contributed by atoms with E-state index >= 15 is 0 Å². The van der Waals surface area contributed by atoms with Crippen molar-refractivity contribution in [2.45, 2.75) is 11.7 Å². The third-order valence-electron chi connectivity index (χ3n) is 4.89. The summed E-state index contributed by atoms with van der Waals surface area (Å²) in [5.41, 5.74) is 1.30. The van der Waals surface area contributed by atoms with Crippen LogP contribution in [0.4, 0.5) is 11.4 Å². The molecule has 2 heterocycles. The molecule has 2 aromatic heterocycles. The van der Waals surface area contributed by atoms with Crippen molar-refractivity contribution in [3.8, 4) is 5.75 Å². The molecule has 1 amide bonds. The number of ether oxygens (including phenoxy) is 1. The van der Waals surface area contributed by atoms with Gasteiger partial charge in [0.25, 0.3) is 11.2 Å². The van der Waals surface area contributed by atoms with E-state index in [9.17, 15) is 19.7 Å². The molecule has 172 valence electrons. The van der Waals surface area contributed by atoms with E-state index < -0.39 is 4.92 Å². The summed E-state index contributed by atoms with van der Waals surface area (Å²) in [4.78, 5) is 44.9. The predicted molar refractivity (Wildman–Crippen MR) is 128 cm³/mol. The number of nitrogens with zero attached hydrogens (tertiary/aromatic N) is 4. The molecule has 0 fully saturated rings. The van der Waals surface area contributed by atoms with Crippen molar-refractivity contribution in [2.24, 2.45) is 0 Å². The molecule has 0 aliphatic carbocycles. The second-order valence-corrected chi connectivity index (χ2v) is 8.09. The minimum Gasteiger partial charge on any atom is -0.494 e. The van der Waals surface area contributed by atoms with Gasteiger partial charge in [-0.2, -0.15) is 0 Å². The summed E-state index contributed by atoms with van der Waals surface area (Å²) in [6.45, 7) is 0.255. The Morgan fingerprint density at radius 1 is 1.21 bits per heavy atom. The molecule has 11 heteroatoms. The van der Waals surface area contributed by atoms with Gasteiger partial charge in [0.05, 0.1) is 47.0 Å². The minimum absolute atomic E-state index is 0.0437. The highest BCUT2D eigenvalue weighted by molar-refractivity contribution is 7.99. The maximum absolute atomic E-state index is 13.2. The second-order valence-electron chi connectivity index (χ2n) is 7.14. The van der Waals surface area contributed by atoms with Crippen LogP contribution in [0, 0.1) is 10.1 Å².